The van der Waals surface area contributed by atoms with E-state index in [2.05, 4.69) is 19.2 Å². The lowest BCUT2D eigenvalue weighted by molar-refractivity contribution is -0.121. The van der Waals surface area contributed by atoms with Crippen molar-refractivity contribution in [2.75, 3.05) is 18.1 Å². The highest BCUT2D eigenvalue weighted by Crippen LogP contribution is 2.25. The number of nitrogens with zero attached hydrogens (tertiary/aromatic N) is 1. The third-order valence-corrected chi connectivity index (χ3v) is 3.47. The normalized spacial score (nSPS) is 19.2. The maximum Gasteiger partial charge on any atom is 0.251 e. The number of imide groups is 1. The molecule has 20 heavy (non-hydrogen) atoms. The van der Waals surface area contributed by atoms with Gasteiger partial charge in [0.15, 0.2) is 0 Å². The summed E-state index contributed by atoms with van der Waals surface area (Å²) in [6.45, 7) is 4.44. The Morgan fingerprint density at radius 3 is 2.50 bits per heavy atom. The van der Waals surface area contributed by atoms with Crippen molar-refractivity contribution in [1.82, 2.24) is 5.32 Å². The monoisotopic (exact) mass is 276 g/mol. The second-order valence-electron chi connectivity index (χ2n) is 5.25. The van der Waals surface area contributed by atoms with Crippen LogP contribution in [0.5, 0.6) is 0 Å². The molecule has 1 saturated heterocycles. The fourth-order valence-electron chi connectivity index (χ4n) is 2.31. The molecule has 1 aliphatic heterocycles. The fraction of sp³-hybridized carbons (Fsp3) is 0.467. The number of aliphatic hydroxyl groups is 1. The molecule has 0 aliphatic carbocycles. The third-order valence-electron chi connectivity index (χ3n) is 3.47. The first-order valence-corrected chi connectivity index (χ1v) is 6.85. The number of carbonyl (C=O) groups is 2. The lowest BCUT2D eigenvalue weighted by Gasteiger charge is -2.16. The predicted octanol–water partition coefficient (Wildman–Crippen LogP) is 1.02. The molecule has 1 fully saturated rings. The van der Waals surface area contributed by atoms with Gasteiger partial charge in [-0.05, 0) is 23.6 Å². The second kappa shape index (κ2) is 6.15. The molecule has 0 saturated carbocycles. The number of hydrogen-bond donors (Lipinski definition) is 2. The first-order valence-electron chi connectivity index (χ1n) is 6.85. The van der Waals surface area contributed by atoms with E-state index in [1.165, 1.54) is 10.5 Å². The van der Waals surface area contributed by atoms with Crippen LogP contribution in [0.3, 0.4) is 0 Å². The summed E-state index contributed by atoms with van der Waals surface area (Å²) in [7, 11) is 0. The van der Waals surface area contributed by atoms with Gasteiger partial charge < -0.3 is 10.4 Å². The summed E-state index contributed by atoms with van der Waals surface area (Å²) in [6.07, 6.45) is 0.144. The number of benzene rings is 1. The van der Waals surface area contributed by atoms with Crippen molar-refractivity contribution in [2.24, 2.45) is 0 Å². The minimum atomic E-state index is -0.528. The molecule has 0 radical (unpaired) electrons. The zero-order valence-corrected chi connectivity index (χ0v) is 11.8. The van der Waals surface area contributed by atoms with Crippen LogP contribution in [-0.2, 0) is 9.59 Å². The van der Waals surface area contributed by atoms with Crippen LogP contribution in [0.25, 0.3) is 0 Å². The fourth-order valence-corrected chi connectivity index (χ4v) is 2.31. The van der Waals surface area contributed by atoms with Crippen LogP contribution in [0.1, 0.15) is 31.7 Å². The number of amides is 2. The van der Waals surface area contributed by atoms with Gasteiger partial charge in [0.1, 0.15) is 0 Å². The highest BCUT2D eigenvalue weighted by Gasteiger charge is 2.39. The number of nitrogens with one attached hydrogen (secondary N) is 1. The van der Waals surface area contributed by atoms with Gasteiger partial charge in [0, 0.05) is 6.54 Å². The lowest BCUT2D eigenvalue weighted by atomic mass is 10.0. The molecule has 5 heteroatoms. The van der Waals surface area contributed by atoms with Crippen molar-refractivity contribution in [3.05, 3.63) is 29.8 Å². The molecule has 2 amide bonds. The Hall–Kier alpha value is -1.72. The molecule has 1 atom stereocenters. The molecule has 5 nitrogen and oxygen atoms in total. The Morgan fingerprint density at radius 1 is 1.30 bits per heavy atom. The van der Waals surface area contributed by atoms with Crippen molar-refractivity contribution in [3.8, 4) is 0 Å². The van der Waals surface area contributed by atoms with Crippen molar-refractivity contribution in [2.45, 2.75) is 32.2 Å². The molecular formula is C15H20N2O3. The van der Waals surface area contributed by atoms with E-state index in [4.69, 9.17) is 5.11 Å². The largest absolute Gasteiger partial charge is 0.395 e. The van der Waals surface area contributed by atoms with E-state index >= 15 is 0 Å². The smallest absolute Gasteiger partial charge is 0.251 e. The summed E-state index contributed by atoms with van der Waals surface area (Å²) in [5.74, 6) is -0.0449. The van der Waals surface area contributed by atoms with Gasteiger partial charge in [-0.15, -0.1) is 0 Å². The first-order chi connectivity index (χ1) is 9.54. The maximum atomic E-state index is 12.2. The van der Waals surface area contributed by atoms with Gasteiger partial charge >= 0.3 is 0 Å². The average Bonchev–Trinajstić information content (AvgIpc) is 2.71. The SMILES string of the molecule is CC(C)c1ccc(N2C(=O)CC(NCCO)C2=O)cc1. The van der Waals surface area contributed by atoms with E-state index in [1.807, 2.05) is 12.1 Å². The highest BCUT2D eigenvalue weighted by atomic mass is 16.3. The lowest BCUT2D eigenvalue weighted by Crippen LogP contribution is -2.39. The molecule has 2 rings (SSSR count). The molecule has 1 aliphatic rings. The second-order valence-corrected chi connectivity index (χ2v) is 5.25. The summed E-state index contributed by atoms with van der Waals surface area (Å²) >= 11 is 0. The Labute approximate surface area is 118 Å². The van der Waals surface area contributed by atoms with Crippen molar-refractivity contribution in [3.63, 3.8) is 0 Å². The summed E-state index contributed by atoms with van der Waals surface area (Å²) in [4.78, 5) is 25.4. The summed E-state index contributed by atoms with van der Waals surface area (Å²) < 4.78 is 0. The molecule has 1 aromatic carbocycles. The van der Waals surface area contributed by atoms with Gasteiger partial charge in [-0.1, -0.05) is 26.0 Å². The Balaban J connectivity index is 2.15. The van der Waals surface area contributed by atoms with Gasteiger partial charge in [-0.3, -0.25) is 9.59 Å². The maximum absolute atomic E-state index is 12.2. The molecule has 0 aromatic heterocycles. The summed E-state index contributed by atoms with van der Waals surface area (Å²) in [6, 6.07) is 6.96. The highest BCUT2D eigenvalue weighted by molar-refractivity contribution is 6.22. The van der Waals surface area contributed by atoms with Crippen LogP contribution >= 0.6 is 0 Å². The zero-order chi connectivity index (χ0) is 14.7. The molecular weight excluding hydrogens is 256 g/mol. The molecule has 108 valence electrons. The van der Waals surface area contributed by atoms with Crippen molar-refractivity contribution in [1.29, 1.82) is 0 Å². The zero-order valence-electron chi connectivity index (χ0n) is 11.8. The molecule has 1 heterocycles. The van der Waals surface area contributed by atoms with Gasteiger partial charge in [-0.25, -0.2) is 4.90 Å². The Morgan fingerprint density at radius 2 is 1.95 bits per heavy atom. The van der Waals surface area contributed by atoms with E-state index in [1.54, 1.807) is 12.1 Å². The molecule has 1 aromatic rings. The number of carbonyl (C=O) groups excluding carboxylic acids is 2. The molecule has 2 N–H and O–H groups in total. The minimum absolute atomic E-state index is 0.0545. The summed E-state index contributed by atoms with van der Waals surface area (Å²) in [5, 5.41) is 11.7. The Kier molecular flexibility index (Phi) is 4.52. The summed E-state index contributed by atoms with van der Waals surface area (Å²) in [5.41, 5.74) is 1.78. The van der Waals surface area contributed by atoms with E-state index in [0.717, 1.165) is 0 Å². The van der Waals surface area contributed by atoms with Crippen LogP contribution < -0.4 is 10.2 Å². The van der Waals surface area contributed by atoms with E-state index in [-0.39, 0.29) is 24.8 Å². The van der Waals surface area contributed by atoms with E-state index < -0.39 is 6.04 Å². The van der Waals surface area contributed by atoms with Crippen LogP contribution in [0.2, 0.25) is 0 Å². The van der Waals surface area contributed by atoms with E-state index in [9.17, 15) is 9.59 Å². The van der Waals surface area contributed by atoms with Crippen molar-refractivity contribution < 1.29 is 14.7 Å². The number of anilines is 1. The number of aliphatic hydroxyl groups excluding tert-OH is 1. The van der Waals surface area contributed by atoms with Gasteiger partial charge in [0.2, 0.25) is 5.91 Å². The minimum Gasteiger partial charge on any atom is -0.395 e. The van der Waals surface area contributed by atoms with Crippen molar-refractivity contribution >= 4 is 17.5 Å². The van der Waals surface area contributed by atoms with Gasteiger partial charge in [0.05, 0.1) is 24.8 Å². The van der Waals surface area contributed by atoms with E-state index in [0.29, 0.717) is 18.2 Å². The average molecular weight is 276 g/mol. The van der Waals surface area contributed by atoms with Gasteiger partial charge in [0.25, 0.3) is 5.91 Å². The topological polar surface area (TPSA) is 69.6 Å². The third kappa shape index (κ3) is 2.89. The first kappa shape index (κ1) is 14.7. The predicted molar refractivity (Wildman–Crippen MR) is 76.5 cm³/mol. The van der Waals surface area contributed by atoms with Crippen LogP contribution in [0.15, 0.2) is 24.3 Å². The molecule has 0 bridgehead atoms. The number of rotatable bonds is 5. The van der Waals surface area contributed by atoms with Crippen LogP contribution in [0, 0.1) is 0 Å². The van der Waals surface area contributed by atoms with Crippen LogP contribution in [-0.4, -0.2) is 36.1 Å². The Bertz CT molecular complexity index is 496. The quantitative estimate of drug-likeness (QED) is 0.788. The number of hydrogen-bond acceptors (Lipinski definition) is 4. The molecule has 1 unspecified atom stereocenters. The van der Waals surface area contributed by atoms with Gasteiger partial charge in [-0.2, -0.15) is 0 Å². The standard InChI is InChI=1S/C15H20N2O3/c1-10(2)11-3-5-12(6-4-11)17-14(19)9-13(15(17)20)16-7-8-18/h3-6,10,13,16,18H,7-9H2,1-2H3. The van der Waals surface area contributed by atoms with Crippen LogP contribution in [0.4, 0.5) is 5.69 Å². The molecule has 0 spiro atoms.